The van der Waals surface area contributed by atoms with Crippen molar-refractivity contribution in [3.05, 3.63) is 29.3 Å². The number of hydrogen-bond acceptors (Lipinski definition) is 2. The third-order valence-corrected chi connectivity index (χ3v) is 2.70. The summed E-state index contributed by atoms with van der Waals surface area (Å²) in [5.74, 6) is -0.831. The first-order chi connectivity index (χ1) is 6.74. The lowest BCUT2D eigenvalue weighted by Gasteiger charge is -2.18. The standard InChI is InChI=1S/C11H13NO2/c1-2-12-7-6-8-4-3-5-9(10(8)12)11(13)14/h3-5H,2,6-7H2,1H3,(H,13,14). The first-order valence-electron chi connectivity index (χ1n) is 4.84. The number of nitrogens with zero attached hydrogens (tertiary/aromatic N) is 1. The first kappa shape index (κ1) is 9.06. The van der Waals surface area contributed by atoms with Gasteiger partial charge in [-0.15, -0.1) is 0 Å². The Hall–Kier alpha value is -1.51. The molecule has 0 aliphatic carbocycles. The number of rotatable bonds is 2. The van der Waals surface area contributed by atoms with Gasteiger partial charge in [0.1, 0.15) is 0 Å². The van der Waals surface area contributed by atoms with Crippen LogP contribution in [0, 0.1) is 0 Å². The molecule has 0 bridgehead atoms. The van der Waals surface area contributed by atoms with Crippen molar-refractivity contribution in [3.8, 4) is 0 Å². The molecule has 1 aliphatic heterocycles. The van der Waals surface area contributed by atoms with Crippen molar-refractivity contribution in [2.75, 3.05) is 18.0 Å². The highest BCUT2D eigenvalue weighted by Gasteiger charge is 2.23. The molecule has 14 heavy (non-hydrogen) atoms. The number of benzene rings is 1. The Kier molecular flexibility index (Phi) is 2.15. The summed E-state index contributed by atoms with van der Waals surface area (Å²) in [6, 6.07) is 5.51. The molecule has 3 heteroatoms. The fourth-order valence-corrected chi connectivity index (χ4v) is 2.02. The van der Waals surface area contributed by atoms with E-state index in [0.29, 0.717) is 5.56 Å². The normalized spacial score (nSPS) is 14.2. The van der Waals surface area contributed by atoms with E-state index < -0.39 is 5.97 Å². The molecular formula is C11H13NO2. The quantitative estimate of drug-likeness (QED) is 0.774. The van der Waals surface area contributed by atoms with Gasteiger partial charge in [0, 0.05) is 13.1 Å². The van der Waals surface area contributed by atoms with E-state index >= 15 is 0 Å². The Balaban J connectivity index is 2.54. The molecule has 74 valence electrons. The van der Waals surface area contributed by atoms with Crippen LogP contribution >= 0.6 is 0 Å². The summed E-state index contributed by atoms with van der Waals surface area (Å²) in [5.41, 5.74) is 2.51. The third kappa shape index (κ3) is 1.25. The Morgan fingerprint density at radius 2 is 2.36 bits per heavy atom. The fourth-order valence-electron chi connectivity index (χ4n) is 2.02. The highest BCUT2D eigenvalue weighted by atomic mass is 16.4. The minimum absolute atomic E-state index is 0.432. The lowest BCUT2D eigenvalue weighted by atomic mass is 10.1. The van der Waals surface area contributed by atoms with E-state index in [4.69, 9.17) is 5.11 Å². The van der Waals surface area contributed by atoms with Gasteiger partial charge in [-0.3, -0.25) is 0 Å². The number of para-hydroxylation sites is 1. The van der Waals surface area contributed by atoms with Crippen molar-refractivity contribution in [2.45, 2.75) is 13.3 Å². The molecule has 0 fully saturated rings. The van der Waals surface area contributed by atoms with Gasteiger partial charge in [0.2, 0.25) is 0 Å². The van der Waals surface area contributed by atoms with Gasteiger partial charge in [-0.25, -0.2) is 4.79 Å². The molecule has 0 aromatic heterocycles. The van der Waals surface area contributed by atoms with E-state index in [-0.39, 0.29) is 0 Å². The van der Waals surface area contributed by atoms with Gasteiger partial charge in [0.15, 0.2) is 0 Å². The highest BCUT2D eigenvalue weighted by Crippen LogP contribution is 2.31. The van der Waals surface area contributed by atoms with Crippen LogP contribution in [-0.4, -0.2) is 24.2 Å². The first-order valence-corrected chi connectivity index (χ1v) is 4.84. The summed E-state index contributed by atoms with van der Waals surface area (Å²) in [7, 11) is 0. The smallest absolute Gasteiger partial charge is 0.337 e. The van der Waals surface area contributed by atoms with Crippen LogP contribution in [0.4, 0.5) is 5.69 Å². The van der Waals surface area contributed by atoms with Crippen molar-refractivity contribution in [3.63, 3.8) is 0 Å². The lowest BCUT2D eigenvalue weighted by molar-refractivity contribution is 0.0697. The van der Waals surface area contributed by atoms with Gasteiger partial charge in [-0.2, -0.15) is 0 Å². The van der Waals surface area contributed by atoms with E-state index in [2.05, 4.69) is 4.90 Å². The number of likely N-dealkylation sites (N-methyl/N-ethyl adjacent to an activating group) is 1. The molecule has 1 N–H and O–H groups in total. The summed E-state index contributed by atoms with van der Waals surface area (Å²) >= 11 is 0. The molecule has 0 radical (unpaired) electrons. The van der Waals surface area contributed by atoms with Crippen LogP contribution in [0.25, 0.3) is 0 Å². The molecule has 0 amide bonds. The van der Waals surface area contributed by atoms with Crippen LogP contribution in [0.5, 0.6) is 0 Å². The van der Waals surface area contributed by atoms with Crippen molar-refractivity contribution < 1.29 is 9.90 Å². The molecule has 2 rings (SSSR count). The van der Waals surface area contributed by atoms with Crippen LogP contribution in [0.1, 0.15) is 22.8 Å². The minimum Gasteiger partial charge on any atom is -0.478 e. The molecule has 0 atom stereocenters. The van der Waals surface area contributed by atoms with Gasteiger partial charge < -0.3 is 10.0 Å². The zero-order valence-electron chi connectivity index (χ0n) is 8.16. The van der Waals surface area contributed by atoms with Crippen molar-refractivity contribution in [2.24, 2.45) is 0 Å². The SMILES string of the molecule is CCN1CCc2cccc(C(=O)O)c21. The topological polar surface area (TPSA) is 40.5 Å². The minimum atomic E-state index is -0.831. The largest absolute Gasteiger partial charge is 0.478 e. The van der Waals surface area contributed by atoms with Gasteiger partial charge in [-0.05, 0) is 25.0 Å². The van der Waals surface area contributed by atoms with Gasteiger partial charge in [-0.1, -0.05) is 12.1 Å². The van der Waals surface area contributed by atoms with E-state index in [9.17, 15) is 4.79 Å². The average molecular weight is 191 g/mol. The van der Waals surface area contributed by atoms with Crippen molar-refractivity contribution in [1.29, 1.82) is 0 Å². The molecule has 0 saturated heterocycles. The van der Waals surface area contributed by atoms with E-state index in [1.165, 1.54) is 0 Å². The Morgan fingerprint density at radius 3 is 3.00 bits per heavy atom. The zero-order valence-corrected chi connectivity index (χ0v) is 8.16. The Bertz CT molecular complexity index is 374. The predicted octanol–water partition coefficient (Wildman–Crippen LogP) is 1.77. The maximum Gasteiger partial charge on any atom is 0.337 e. The molecule has 0 saturated carbocycles. The Labute approximate surface area is 83.0 Å². The van der Waals surface area contributed by atoms with E-state index in [1.54, 1.807) is 6.07 Å². The molecule has 1 aromatic rings. The number of carboxylic acid groups (broad SMARTS) is 1. The molecule has 1 heterocycles. The van der Waals surface area contributed by atoms with Gasteiger partial charge in [0.25, 0.3) is 0 Å². The summed E-state index contributed by atoms with van der Waals surface area (Å²) in [5, 5.41) is 9.04. The summed E-state index contributed by atoms with van der Waals surface area (Å²) in [6.07, 6.45) is 0.963. The molecule has 1 aliphatic rings. The number of carboxylic acids is 1. The highest BCUT2D eigenvalue weighted by molar-refractivity contribution is 5.96. The molecular weight excluding hydrogens is 178 g/mol. The van der Waals surface area contributed by atoms with Gasteiger partial charge >= 0.3 is 5.97 Å². The lowest BCUT2D eigenvalue weighted by Crippen LogP contribution is -2.21. The van der Waals surface area contributed by atoms with Crippen molar-refractivity contribution in [1.82, 2.24) is 0 Å². The van der Waals surface area contributed by atoms with Crippen LogP contribution in [-0.2, 0) is 6.42 Å². The molecule has 1 aromatic carbocycles. The third-order valence-electron chi connectivity index (χ3n) is 2.70. The molecule has 0 unspecified atom stereocenters. The number of hydrogen-bond donors (Lipinski definition) is 1. The maximum atomic E-state index is 11.0. The number of aromatic carboxylic acids is 1. The molecule has 3 nitrogen and oxygen atoms in total. The van der Waals surface area contributed by atoms with Crippen LogP contribution in [0.15, 0.2) is 18.2 Å². The second kappa shape index (κ2) is 3.33. The molecule has 0 spiro atoms. The van der Waals surface area contributed by atoms with Gasteiger partial charge in [0.05, 0.1) is 11.3 Å². The number of anilines is 1. The maximum absolute atomic E-state index is 11.0. The summed E-state index contributed by atoms with van der Waals surface area (Å²) in [6.45, 7) is 3.86. The monoisotopic (exact) mass is 191 g/mol. The second-order valence-electron chi connectivity index (χ2n) is 3.45. The predicted molar refractivity (Wildman–Crippen MR) is 55.0 cm³/mol. The number of fused-ring (bicyclic) bond motifs is 1. The van der Waals surface area contributed by atoms with Crippen molar-refractivity contribution >= 4 is 11.7 Å². The fraction of sp³-hybridized carbons (Fsp3) is 0.364. The zero-order chi connectivity index (χ0) is 10.1. The van der Waals surface area contributed by atoms with E-state index in [0.717, 1.165) is 30.8 Å². The van der Waals surface area contributed by atoms with Crippen LogP contribution in [0.2, 0.25) is 0 Å². The summed E-state index contributed by atoms with van der Waals surface area (Å²) in [4.78, 5) is 13.1. The number of carbonyl (C=O) groups is 1. The van der Waals surface area contributed by atoms with E-state index in [1.807, 2.05) is 19.1 Å². The second-order valence-corrected chi connectivity index (χ2v) is 3.45. The van der Waals surface area contributed by atoms with Crippen LogP contribution in [0.3, 0.4) is 0 Å². The Morgan fingerprint density at radius 1 is 1.57 bits per heavy atom. The average Bonchev–Trinajstić information content (AvgIpc) is 2.59. The van der Waals surface area contributed by atoms with Crippen LogP contribution < -0.4 is 4.90 Å². The summed E-state index contributed by atoms with van der Waals surface area (Å²) < 4.78 is 0.